The highest BCUT2D eigenvalue weighted by Gasteiger charge is 2.09. The normalized spacial score (nSPS) is 12.9. The summed E-state index contributed by atoms with van der Waals surface area (Å²) in [5.74, 6) is 1.09. The van der Waals surface area contributed by atoms with Gasteiger partial charge in [0.25, 0.3) is 0 Å². The molecule has 1 atom stereocenters. The molecule has 20 heavy (non-hydrogen) atoms. The van der Waals surface area contributed by atoms with Crippen molar-refractivity contribution in [1.82, 2.24) is 5.32 Å². The third kappa shape index (κ3) is 6.55. The Hall–Kier alpha value is -0.120. The zero-order valence-corrected chi connectivity index (χ0v) is 14.8. The molecule has 0 heterocycles. The Morgan fingerprint density at radius 3 is 2.60 bits per heavy atom. The average Bonchev–Trinajstić information content (AvgIpc) is 2.37. The van der Waals surface area contributed by atoms with E-state index in [4.69, 9.17) is 11.6 Å². The molecule has 4 heteroatoms. The maximum absolute atomic E-state index is 13.8. The van der Waals surface area contributed by atoms with Gasteiger partial charge >= 0.3 is 0 Å². The van der Waals surface area contributed by atoms with E-state index in [1.165, 1.54) is 6.07 Å². The van der Waals surface area contributed by atoms with E-state index in [0.29, 0.717) is 26.9 Å². The van der Waals surface area contributed by atoms with E-state index < -0.39 is 0 Å². The molecule has 1 aromatic carbocycles. The van der Waals surface area contributed by atoms with Crippen LogP contribution in [0.5, 0.6) is 0 Å². The van der Waals surface area contributed by atoms with Gasteiger partial charge in [-0.25, -0.2) is 4.39 Å². The molecule has 0 saturated carbocycles. The van der Waals surface area contributed by atoms with E-state index in [1.54, 1.807) is 6.07 Å². The molecule has 0 aliphatic rings. The van der Waals surface area contributed by atoms with Crippen molar-refractivity contribution in [2.45, 2.75) is 40.0 Å². The number of nitrogens with one attached hydrogen (secondary N) is 1. The molecule has 0 saturated heterocycles. The summed E-state index contributed by atoms with van der Waals surface area (Å²) >= 11 is 9.24. The molecular weight excluding hydrogens is 341 g/mol. The maximum Gasteiger partial charge on any atom is 0.127 e. The van der Waals surface area contributed by atoms with E-state index in [9.17, 15) is 4.39 Å². The lowest BCUT2D eigenvalue weighted by atomic mass is 9.98. The van der Waals surface area contributed by atoms with Crippen molar-refractivity contribution in [3.05, 3.63) is 33.0 Å². The molecule has 0 aliphatic heterocycles. The predicted octanol–water partition coefficient (Wildman–Crippen LogP) is 5.45. The highest BCUT2D eigenvalue weighted by molar-refractivity contribution is 9.10. The number of aryl methyl sites for hydroxylation is 1. The molecule has 114 valence electrons. The van der Waals surface area contributed by atoms with Crippen LogP contribution in [0.4, 0.5) is 4.39 Å². The first-order valence-electron chi connectivity index (χ1n) is 7.24. The summed E-state index contributed by atoms with van der Waals surface area (Å²) in [7, 11) is 0. The highest BCUT2D eigenvalue weighted by Crippen LogP contribution is 2.27. The fourth-order valence-corrected chi connectivity index (χ4v) is 2.54. The SMILES string of the molecule is CC(C)CNCCC(C)CCc1cc(Cl)c(Br)cc1F. The van der Waals surface area contributed by atoms with Crippen molar-refractivity contribution in [2.75, 3.05) is 13.1 Å². The summed E-state index contributed by atoms with van der Waals surface area (Å²) in [6.45, 7) is 8.72. The van der Waals surface area contributed by atoms with E-state index in [0.717, 1.165) is 32.4 Å². The Labute approximate surface area is 135 Å². The fourth-order valence-electron chi connectivity index (χ4n) is 2.04. The summed E-state index contributed by atoms with van der Waals surface area (Å²) in [6.07, 6.45) is 2.85. The molecule has 0 fully saturated rings. The lowest BCUT2D eigenvalue weighted by Gasteiger charge is -2.13. The van der Waals surface area contributed by atoms with Crippen LogP contribution < -0.4 is 5.32 Å². The van der Waals surface area contributed by atoms with Crippen LogP contribution in [0.2, 0.25) is 5.02 Å². The third-order valence-electron chi connectivity index (χ3n) is 3.36. The summed E-state index contributed by atoms with van der Waals surface area (Å²) in [5, 5.41) is 4.02. The first kappa shape index (κ1) is 17.9. The quantitative estimate of drug-likeness (QED) is 0.478. The molecule has 1 nitrogen and oxygen atoms in total. The minimum absolute atomic E-state index is 0.175. The van der Waals surface area contributed by atoms with Gasteiger partial charge in [0.15, 0.2) is 0 Å². The molecule has 1 unspecified atom stereocenters. The number of hydrogen-bond donors (Lipinski definition) is 1. The van der Waals surface area contributed by atoms with Gasteiger partial charge in [0.2, 0.25) is 0 Å². The van der Waals surface area contributed by atoms with E-state index >= 15 is 0 Å². The van der Waals surface area contributed by atoms with Crippen molar-refractivity contribution < 1.29 is 4.39 Å². The van der Waals surface area contributed by atoms with Crippen LogP contribution in [-0.4, -0.2) is 13.1 Å². The molecule has 0 aromatic heterocycles. The summed E-state index contributed by atoms with van der Waals surface area (Å²) < 4.78 is 14.4. The van der Waals surface area contributed by atoms with Crippen molar-refractivity contribution in [2.24, 2.45) is 11.8 Å². The minimum Gasteiger partial charge on any atom is -0.316 e. The Bertz CT molecular complexity index is 423. The Kier molecular flexibility index (Phi) is 8.08. The van der Waals surface area contributed by atoms with Gasteiger partial charge in [-0.1, -0.05) is 32.4 Å². The van der Waals surface area contributed by atoms with Crippen LogP contribution in [0.25, 0.3) is 0 Å². The molecular formula is C16H24BrClFN. The first-order valence-corrected chi connectivity index (χ1v) is 8.41. The van der Waals surface area contributed by atoms with Gasteiger partial charge in [0.1, 0.15) is 5.82 Å². The second-order valence-electron chi connectivity index (χ2n) is 5.89. The van der Waals surface area contributed by atoms with Gasteiger partial charge in [-0.2, -0.15) is 0 Å². The largest absolute Gasteiger partial charge is 0.316 e. The van der Waals surface area contributed by atoms with Gasteiger partial charge in [-0.3, -0.25) is 0 Å². The fraction of sp³-hybridized carbons (Fsp3) is 0.625. The Morgan fingerprint density at radius 1 is 1.25 bits per heavy atom. The van der Waals surface area contributed by atoms with Crippen LogP contribution in [0.15, 0.2) is 16.6 Å². The molecule has 0 aliphatic carbocycles. The molecule has 1 rings (SSSR count). The van der Waals surface area contributed by atoms with Gasteiger partial charge in [-0.15, -0.1) is 0 Å². The van der Waals surface area contributed by atoms with Crippen molar-refractivity contribution >= 4 is 27.5 Å². The summed E-state index contributed by atoms with van der Waals surface area (Å²) in [6, 6.07) is 3.18. The van der Waals surface area contributed by atoms with Crippen LogP contribution in [0.3, 0.4) is 0 Å². The summed E-state index contributed by atoms with van der Waals surface area (Å²) in [4.78, 5) is 0. The molecule has 0 amide bonds. The molecule has 1 N–H and O–H groups in total. The van der Waals surface area contributed by atoms with Crippen LogP contribution in [-0.2, 0) is 6.42 Å². The predicted molar refractivity (Wildman–Crippen MR) is 88.9 cm³/mol. The van der Waals surface area contributed by atoms with Crippen LogP contribution in [0.1, 0.15) is 39.2 Å². The van der Waals surface area contributed by atoms with Crippen molar-refractivity contribution in [3.63, 3.8) is 0 Å². The second kappa shape index (κ2) is 9.01. The lowest BCUT2D eigenvalue weighted by molar-refractivity contribution is 0.450. The van der Waals surface area contributed by atoms with Crippen LogP contribution in [0, 0.1) is 17.7 Å². The smallest absolute Gasteiger partial charge is 0.127 e. The van der Waals surface area contributed by atoms with E-state index in [1.807, 2.05) is 0 Å². The molecule has 1 aromatic rings. The van der Waals surface area contributed by atoms with Crippen molar-refractivity contribution in [3.8, 4) is 0 Å². The average molecular weight is 365 g/mol. The van der Waals surface area contributed by atoms with E-state index in [2.05, 4.69) is 42.0 Å². The van der Waals surface area contributed by atoms with Gasteiger partial charge in [-0.05, 0) is 77.8 Å². The highest BCUT2D eigenvalue weighted by atomic mass is 79.9. The number of hydrogen-bond acceptors (Lipinski definition) is 1. The zero-order chi connectivity index (χ0) is 15.1. The third-order valence-corrected chi connectivity index (χ3v) is 4.56. The standard InChI is InChI=1S/C16H24BrClFN/c1-11(2)10-20-7-6-12(3)4-5-13-8-15(18)14(17)9-16(13)19/h8-9,11-12,20H,4-7,10H2,1-3H3. The Balaban J connectivity index is 2.34. The number of halogens is 3. The lowest BCUT2D eigenvalue weighted by Crippen LogP contribution is -2.22. The van der Waals surface area contributed by atoms with Gasteiger partial charge < -0.3 is 5.32 Å². The summed E-state index contributed by atoms with van der Waals surface area (Å²) in [5.41, 5.74) is 0.709. The maximum atomic E-state index is 13.8. The monoisotopic (exact) mass is 363 g/mol. The van der Waals surface area contributed by atoms with Crippen molar-refractivity contribution in [1.29, 1.82) is 0 Å². The molecule has 0 spiro atoms. The number of rotatable bonds is 8. The topological polar surface area (TPSA) is 12.0 Å². The van der Waals surface area contributed by atoms with Crippen LogP contribution >= 0.6 is 27.5 Å². The second-order valence-corrected chi connectivity index (χ2v) is 7.15. The molecule has 0 bridgehead atoms. The zero-order valence-electron chi connectivity index (χ0n) is 12.5. The Morgan fingerprint density at radius 2 is 1.95 bits per heavy atom. The van der Waals surface area contributed by atoms with Gasteiger partial charge in [0.05, 0.1) is 5.02 Å². The first-order chi connectivity index (χ1) is 9.40. The number of benzene rings is 1. The minimum atomic E-state index is -0.175. The van der Waals surface area contributed by atoms with E-state index in [-0.39, 0.29) is 5.82 Å². The molecule has 0 radical (unpaired) electrons. The van der Waals surface area contributed by atoms with Gasteiger partial charge in [0, 0.05) is 4.47 Å².